The lowest BCUT2D eigenvalue weighted by Gasteiger charge is -2.30. The number of nitrogens with zero attached hydrogens (tertiary/aromatic N) is 4. The zero-order valence-corrected chi connectivity index (χ0v) is 24.2. The minimum absolute atomic E-state index is 0.0881. The van der Waals surface area contributed by atoms with Gasteiger partial charge in [-0.25, -0.2) is 14.4 Å². The van der Waals surface area contributed by atoms with E-state index in [0.717, 1.165) is 24.1 Å². The Hall–Kier alpha value is -5.78. The number of esters is 3. The van der Waals surface area contributed by atoms with Gasteiger partial charge in [-0.3, -0.25) is 14.5 Å². The fourth-order valence-electron chi connectivity index (χ4n) is 4.45. The molecule has 1 heterocycles. The quantitative estimate of drug-likeness (QED) is 0.0748. The standard InChI is InChI=1S/C32H28N4O9/c1-21(37)18-19-36(22(2)38)28-26(43-30(40)24-14-8-4-9-15-24)27(44-31(41)25-16-10-5-11-17-25)32(45-28,34-35-33)20-42-29(39)23-12-6-3-7-13-23/h3-19,26-28H,20H2,1-2H3/b19-18-/t26-,27+,28-,32-/m1/s1. The van der Waals surface area contributed by atoms with Crippen LogP contribution in [0.1, 0.15) is 44.9 Å². The summed E-state index contributed by atoms with van der Waals surface area (Å²) in [5, 5.41) is 3.75. The number of hydrogen-bond acceptors (Lipinski definition) is 10. The van der Waals surface area contributed by atoms with Crippen LogP contribution in [0.2, 0.25) is 0 Å². The van der Waals surface area contributed by atoms with E-state index in [-0.39, 0.29) is 16.7 Å². The largest absolute Gasteiger partial charge is 0.459 e. The summed E-state index contributed by atoms with van der Waals surface area (Å²) >= 11 is 0. The van der Waals surface area contributed by atoms with E-state index in [9.17, 15) is 29.5 Å². The maximum absolute atomic E-state index is 13.4. The molecule has 0 N–H and O–H groups in total. The molecule has 1 amide bonds. The number of amides is 1. The van der Waals surface area contributed by atoms with Crippen LogP contribution in [0.5, 0.6) is 0 Å². The minimum Gasteiger partial charge on any atom is -0.459 e. The predicted octanol–water partition coefficient (Wildman–Crippen LogP) is 4.61. The van der Waals surface area contributed by atoms with Crippen molar-refractivity contribution in [2.45, 2.75) is 38.0 Å². The third kappa shape index (κ3) is 7.79. The van der Waals surface area contributed by atoms with Gasteiger partial charge in [-0.15, -0.1) is 0 Å². The fourth-order valence-corrected chi connectivity index (χ4v) is 4.45. The number of benzene rings is 3. The second-order valence-electron chi connectivity index (χ2n) is 9.77. The van der Waals surface area contributed by atoms with Gasteiger partial charge in [-0.05, 0) is 54.9 Å². The van der Waals surface area contributed by atoms with Crippen molar-refractivity contribution in [1.29, 1.82) is 0 Å². The molecule has 1 aliphatic rings. The highest BCUT2D eigenvalue weighted by atomic mass is 16.7. The third-order valence-corrected chi connectivity index (χ3v) is 6.59. The van der Waals surface area contributed by atoms with Gasteiger partial charge < -0.3 is 18.9 Å². The highest BCUT2D eigenvalue weighted by molar-refractivity contribution is 5.91. The Labute approximate surface area is 257 Å². The normalized spacial score (nSPS) is 20.4. The van der Waals surface area contributed by atoms with Crippen LogP contribution in [0.4, 0.5) is 0 Å². The number of rotatable bonds is 11. The minimum atomic E-state index is -2.35. The van der Waals surface area contributed by atoms with Gasteiger partial charge in [0.15, 0.2) is 24.2 Å². The Balaban J connectivity index is 1.83. The first-order chi connectivity index (χ1) is 21.6. The van der Waals surface area contributed by atoms with Gasteiger partial charge in [-0.1, -0.05) is 59.7 Å². The van der Waals surface area contributed by atoms with Crippen molar-refractivity contribution >= 4 is 29.6 Å². The van der Waals surface area contributed by atoms with Crippen LogP contribution in [0.25, 0.3) is 10.4 Å². The van der Waals surface area contributed by atoms with E-state index in [2.05, 4.69) is 10.0 Å². The van der Waals surface area contributed by atoms with Gasteiger partial charge in [0.1, 0.15) is 6.61 Å². The average Bonchev–Trinajstić information content (AvgIpc) is 3.32. The summed E-state index contributed by atoms with van der Waals surface area (Å²) in [5.41, 5.74) is 7.65. The van der Waals surface area contributed by atoms with Gasteiger partial charge in [0, 0.05) is 18.0 Å². The molecule has 230 valence electrons. The van der Waals surface area contributed by atoms with Crippen LogP contribution < -0.4 is 0 Å². The van der Waals surface area contributed by atoms with Crippen molar-refractivity contribution in [1.82, 2.24) is 4.90 Å². The first kappa shape index (κ1) is 32.1. The molecule has 0 spiro atoms. The molecule has 4 atom stereocenters. The van der Waals surface area contributed by atoms with E-state index in [1.54, 1.807) is 54.6 Å². The first-order valence-electron chi connectivity index (χ1n) is 13.6. The Kier molecular flexibility index (Phi) is 10.4. The number of carbonyl (C=O) groups is 5. The van der Waals surface area contributed by atoms with Crippen molar-refractivity contribution in [2.75, 3.05) is 6.61 Å². The highest BCUT2D eigenvalue weighted by Crippen LogP contribution is 2.40. The molecule has 4 rings (SSSR count). The smallest absolute Gasteiger partial charge is 0.338 e. The first-order valence-corrected chi connectivity index (χ1v) is 13.6. The van der Waals surface area contributed by atoms with Gasteiger partial charge in [0.2, 0.25) is 11.6 Å². The van der Waals surface area contributed by atoms with Crippen LogP contribution in [0.15, 0.2) is 108 Å². The van der Waals surface area contributed by atoms with E-state index in [0.29, 0.717) is 0 Å². The van der Waals surface area contributed by atoms with Crippen LogP contribution in [0.3, 0.4) is 0 Å². The lowest BCUT2D eigenvalue weighted by atomic mass is 10.0. The second-order valence-corrected chi connectivity index (χ2v) is 9.77. The van der Waals surface area contributed by atoms with E-state index in [1.165, 1.54) is 43.3 Å². The lowest BCUT2D eigenvalue weighted by Crippen LogP contribution is -2.50. The number of carbonyl (C=O) groups excluding carboxylic acids is 5. The van der Waals surface area contributed by atoms with E-state index >= 15 is 0 Å². The molecule has 0 saturated carbocycles. The molecule has 13 nitrogen and oxygen atoms in total. The maximum Gasteiger partial charge on any atom is 0.338 e. The predicted molar refractivity (Wildman–Crippen MR) is 157 cm³/mol. The van der Waals surface area contributed by atoms with Crippen molar-refractivity contribution in [3.8, 4) is 0 Å². The van der Waals surface area contributed by atoms with Crippen LogP contribution >= 0.6 is 0 Å². The number of hydrogen-bond donors (Lipinski definition) is 0. The SMILES string of the molecule is CC(=O)/C=C\N(C(C)=O)[C@@H]1O[C@@](COC(=O)c2ccccc2)(N=[N+]=[N-])[C@@H](OC(=O)c2ccccc2)[C@H]1OC(=O)c1ccccc1. The van der Waals surface area contributed by atoms with E-state index in [1.807, 2.05) is 0 Å². The number of ether oxygens (including phenoxy) is 4. The second kappa shape index (κ2) is 14.6. The fraction of sp³-hybridized carbons (Fsp3) is 0.219. The molecule has 1 fully saturated rings. The molecular weight excluding hydrogens is 584 g/mol. The molecule has 0 unspecified atom stereocenters. The zero-order chi connectivity index (χ0) is 32.4. The summed E-state index contributed by atoms with van der Waals surface area (Å²) in [6.07, 6.45) is -2.90. The molecule has 45 heavy (non-hydrogen) atoms. The van der Waals surface area contributed by atoms with Gasteiger partial charge >= 0.3 is 17.9 Å². The molecule has 0 radical (unpaired) electrons. The molecule has 0 bridgehead atoms. The number of ketones is 1. The number of allylic oxidation sites excluding steroid dienone is 1. The molecule has 0 aromatic heterocycles. The topological polar surface area (TPSA) is 174 Å². The Morgan fingerprint density at radius 3 is 1.78 bits per heavy atom. The Bertz CT molecular complexity index is 1630. The Morgan fingerprint density at radius 1 is 0.822 bits per heavy atom. The van der Waals surface area contributed by atoms with Gasteiger partial charge in [0.05, 0.1) is 16.7 Å². The zero-order valence-electron chi connectivity index (χ0n) is 24.2. The van der Waals surface area contributed by atoms with Crippen LogP contribution in [-0.4, -0.2) is 65.3 Å². The maximum atomic E-state index is 13.4. The molecule has 13 heteroatoms. The van der Waals surface area contributed by atoms with Gasteiger partial charge in [0.25, 0.3) is 0 Å². The summed E-state index contributed by atoms with van der Waals surface area (Å²) < 4.78 is 23.2. The van der Waals surface area contributed by atoms with E-state index in [4.69, 9.17) is 18.9 Å². The molecule has 1 saturated heterocycles. The number of azide groups is 1. The van der Waals surface area contributed by atoms with Crippen molar-refractivity contribution in [3.63, 3.8) is 0 Å². The summed E-state index contributed by atoms with van der Waals surface area (Å²) in [6, 6.07) is 23.5. The van der Waals surface area contributed by atoms with Crippen molar-refractivity contribution < 1.29 is 42.9 Å². The molecule has 3 aromatic carbocycles. The Morgan fingerprint density at radius 2 is 1.31 bits per heavy atom. The van der Waals surface area contributed by atoms with Crippen LogP contribution in [-0.2, 0) is 28.5 Å². The monoisotopic (exact) mass is 612 g/mol. The third-order valence-electron chi connectivity index (χ3n) is 6.59. The molecule has 3 aromatic rings. The lowest BCUT2D eigenvalue weighted by molar-refractivity contribution is -0.157. The van der Waals surface area contributed by atoms with Crippen molar-refractivity contribution in [2.24, 2.45) is 5.11 Å². The molecule has 1 aliphatic heterocycles. The van der Waals surface area contributed by atoms with Crippen molar-refractivity contribution in [3.05, 3.63) is 130 Å². The van der Waals surface area contributed by atoms with Crippen LogP contribution in [0, 0.1) is 0 Å². The van der Waals surface area contributed by atoms with Gasteiger partial charge in [-0.2, -0.15) is 0 Å². The summed E-state index contributed by atoms with van der Waals surface area (Å²) in [7, 11) is 0. The van der Waals surface area contributed by atoms with E-state index < -0.39 is 60.4 Å². The average molecular weight is 613 g/mol. The summed E-state index contributed by atoms with van der Waals surface area (Å²) in [5.74, 6) is -3.76. The summed E-state index contributed by atoms with van der Waals surface area (Å²) in [6.45, 7) is 1.57. The molecule has 0 aliphatic carbocycles. The summed E-state index contributed by atoms with van der Waals surface area (Å²) in [4.78, 5) is 68.1. The molecular formula is C32H28N4O9. The highest BCUT2D eigenvalue weighted by Gasteiger charge is 2.62.